The number of nitrogens with zero attached hydrogens (tertiary/aromatic N) is 1. The maximum atomic E-state index is 2.70. The van der Waals surface area contributed by atoms with Gasteiger partial charge in [-0.1, -0.05) is 41.5 Å². The average Bonchev–Trinajstić information content (AvgIpc) is 2.31. The molecule has 0 radical (unpaired) electrons. The first kappa shape index (κ1) is 12.0. The quantitative estimate of drug-likeness (QED) is 0.656. The van der Waals surface area contributed by atoms with Crippen molar-refractivity contribution in [3.63, 3.8) is 0 Å². The Balaban J connectivity index is 2.69. The van der Waals surface area contributed by atoms with Crippen LogP contribution in [0.3, 0.4) is 0 Å². The van der Waals surface area contributed by atoms with Crippen molar-refractivity contribution in [1.29, 1.82) is 0 Å². The van der Waals surface area contributed by atoms with Crippen LogP contribution in [0, 0.1) is 17.3 Å². The van der Waals surface area contributed by atoms with Crippen LogP contribution >= 0.6 is 0 Å². The molecule has 0 bridgehead atoms. The van der Waals surface area contributed by atoms with Gasteiger partial charge < -0.3 is 0 Å². The predicted molar refractivity (Wildman–Crippen MR) is 63.4 cm³/mol. The van der Waals surface area contributed by atoms with E-state index in [2.05, 4.69) is 46.4 Å². The zero-order valence-electron chi connectivity index (χ0n) is 10.8. The summed E-state index contributed by atoms with van der Waals surface area (Å²) in [6.45, 7) is 16.8. The van der Waals surface area contributed by atoms with Crippen LogP contribution in [0.5, 0.6) is 0 Å². The molecule has 1 unspecified atom stereocenters. The Kier molecular flexibility index (Phi) is 3.63. The van der Waals surface area contributed by atoms with Crippen LogP contribution in [0.1, 0.15) is 48.0 Å². The van der Waals surface area contributed by atoms with E-state index in [0.29, 0.717) is 5.41 Å². The lowest BCUT2D eigenvalue weighted by Gasteiger charge is -2.41. The van der Waals surface area contributed by atoms with Gasteiger partial charge >= 0.3 is 0 Å². The summed E-state index contributed by atoms with van der Waals surface area (Å²) in [6, 6.07) is 0.743. The molecule has 84 valence electrons. The topological polar surface area (TPSA) is 3.24 Å². The summed E-state index contributed by atoms with van der Waals surface area (Å²) in [7, 11) is 0. The van der Waals surface area contributed by atoms with Gasteiger partial charge in [-0.15, -0.1) is 0 Å². The third-order valence-electron chi connectivity index (χ3n) is 3.37. The highest BCUT2D eigenvalue weighted by molar-refractivity contribution is 4.89. The van der Waals surface area contributed by atoms with Crippen molar-refractivity contribution in [3.05, 3.63) is 0 Å². The Morgan fingerprint density at radius 1 is 1.21 bits per heavy atom. The second kappa shape index (κ2) is 4.22. The molecule has 14 heavy (non-hydrogen) atoms. The van der Waals surface area contributed by atoms with Crippen LogP contribution in [0.4, 0.5) is 0 Å². The summed E-state index contributed by atoms with van der Waals surface area (Å²) in [5, 5.41) is 0. The summed E-state index contributed by atoms with van der Waals surface area (Å²) in [6.07, 6.45) is 1.39. The molecule has 0 aromatic carbocycles. The van der Waals surface area contributed by atoms with E-state index in [1.165, 1.54) is 19.5 Å². The molecule has 0 aliphatic carbocycles. The van der Waals surface area contributed by atoms with E-state index in [-0.39, 0.29) is 0 Å². The SMILES string of the molecule is CC(C)C(N1CC[C@@H](C)C1)C(C)(C)C. The van der Waals surface area contributed by atoms with Crippen LogP contribution in [0.25, 0.3) is 0 Å². The van der Waals surface area contributed by atoms with Gasteiger partial charge in [0.2, 0.25) is 0 Å². The Morgan fingerprint density at radius 2 is 1.79 bits per heavy atom. The maximum Gasteiger partial charge on any atom is 0.0167 e. The van der Waals surface area contributed by atoms with Crippen molar-refractivity contribution < 1.29 is 0 Å². The maximum absolute atomic E-state index is 2.70. The summed E-state index contributed by atoms with van der Waals surface area (Å²) in [5.74, 6) is 1.67. The first-order valence-corrected chi connectivity index (χ1v) is 6.06. The van der Waals surface area contributed by atoms with Gasteiger partial charge in [-0.3, -0.25) is 4.90 Å². The molecule has 1 nitrogen and oxygen atoms in total. The Labute approximate surface area is 89.9 Å². The Bertz CT molecular complexity index is 178. The van der Waals surface area contributed by atoms with Crippen molar-refractivity contribution in [2.24, 2.45) is 17.3 Å². The lowest BCUT2D eigenvalue weighted by Crippen LogP contribution is -2.46. The molecule has 0 aromatic rings. The molecule has 1 aliphatic heterocycles. The fourth-order valence-electron chi connectivity index (χ4n) is 3.19. The summed E-state index contributed by atoms with van der Waals surface area (Å²) in [4.78, 5) is 2.70. The largest absolute Gasteiger partial charge is 0.299 e. The monoisotopic (exact) mass is 197 g/mol. The highest BCUT2D eigenvalue weighted by atomic mass is 15.2. The Morgan fingerprint density at radius 3 is 2.07 bits per heavy atom. The molecule has 1 aliphatic rings. The second-order valence-electron chi connectivity index (χ2n) is 6.44. The van der Waals surface area contributed by atoms with E-state index in [9.17, 15) is 0 Å². The summed E-state index contributed by atoms with van der Waals surface area (Å²) in [5.41, 5.74) is 0.415. The average molecular weight is 197 g/mol. The smallest absolute Gasteiger partial charge is 0.0167 e. The van der Waals surface area contributed by atoms with Gasteiger partial charge in [0.25, 0.3) is 0 Å². The minimum absolute atomic E-state index is 0.415. The molecule has 2 atom stereocenters. The van der Waals surface area contributed by atoms with Gasteiger partial charge in [0.05, 0.1) is 0 Å². The van der Waals surface area contributed by atoms with E-state index >= 15 is 0 Å². The molecule has 0 saturated carbocycles. The predicted octanol–water partition coefficient (Wildman–Crippen LogP) is 3.40. The lowest BCUT2D eigenvalue weighted by atomic mass is 9.79. The third kappa shape index (κ3) is 2.73. The van der Waals surface area contributed by atoms with Gasteiger partial charge in [0, 0.05) is 12.6 Å². The van der Waals surface area contributed by atoms with Gasteiger partial charge in [-0.25, -0.2) is 0 Å². The van der Waals surface area contributed by atoms with E-state index in [1.807, 2.05) is 0 Å². The van der Waals surface area contributed by atoms with Gasteiger partial charge in [0.15, 0.2) is 0 Å². The zero-order chi connectivity index (χ0) is 10.9. The highest BCUT2D eigenvalue weighted by Crippen LogP contribution is 2.33. The minimum atomic E-state index is 0.415. The molecule has 0 spiro atoms. The van der Waals surface area contributed by atoms with E-state index < -0.39 is 0 Å². The van der Waals surface area contributed by atoms with E-state index in [4.69, 9.17) is 0 Å². The number of likely N-dealkylation sites (tertiary alicyclic amines) is 1. The summed E-state index contributed by atoms with van der Waals surface area (Å²) < 4.78 is 0. The van der Waals surface area contributed by atoms with Gasteiger partial charge in [0.1, 0.15) is 0 Å². The minimum Gasteiger partial charge on any atom is -0.299 e. The zero-order valence-corrected chi connectivity index (χ0v) is 10.8. The van der Waals surface area contributed by atoms with Crippen molar-refractivity contribution in [3.8, 4) is 0 Å². The van der Waals surface area contributed by atoms with Crippen LogP contribution in [-0.2, 0) is 0 Å². The van der Waals surface area contributed by atoms with Crippen LogP contribution < -0.4 is 0 Å². The molecular weight excluding hydrogens is 170 g/mol. The van der Waals surface area contributed by atoms with Crippen LogP contribution in [-0.4, -0.2) is 24.0 Å². The van der Waals surface area contributed by atoms with Crippen LogP contribution in [0.2, 0.25) is 0 Å². The summed E-state index contributed by atoms with van der Waals surface area (Å²) >= 11 is 0. The molecule has 1 heterocycles. The third-order valence-corrected chi connectivity index (χ3v) is 3.37. The normalized spacial score (nSPS) is 27.2. The number of rotatable bonds is 2. The fraction of sp³-hybridized carbons (Fsp3) is 1.00. The molecule has 0 aromatic heterocycles. The highest BCUT2D eigenvalue weighted by Gasteiger charge is 2.35. The first-order valence-electron chi connectivity index (χ1n) is 6.06. The standard InChI is InChI=1S/C13H27N/c1-10(2)12(13(4,5)6)14-8-7-11(3)9-14/h10-12H,7-9H2,1-6H3/t11-,12?/m1/s1. The van der Waals surface area contributed by atoms with Gasteiger partial charge in [-0.2, -0.15) is 0 Å². The fourth-order valence-corrected chi connectivity index (χ4v) is 3.19. The molecule has 1 heteroatoms. The van der Waals surface area contributed by atoms with Crippen molar-refractivity contribution in [2.45, 2.75) is 54.0 Å². The molecule has 0 N–H and O–H groups in total. The lowest BCUT2D eigenvalue weighted by molar-refractivity contribution is 0.0811. The van der Waals surface area contributed by atoms with Crippen molar-refractivity contribution in [1.82, 2.24) is 4.90 Å². The first-order chi connectivity index (χ1) is 6.32. The van der Waals surface area contributed by atoms with Crippen molar-refractivity contribution in [2.75, 3.05) is 13.1 Å². The molecule has 1 rings (SSSR count). The molecular formula is C13H27N. The number of hydrogen-bond donors (Lipinski definition) is 0. The number of hydrogen-bond acceptors (Lipinski definition) is 1. The molecule has 1 fully saturated rings. The van der Waals surface area contributed by atoms with E-state index in [1.54, 1.807) is 0 Å². The van der Waals surface area contributed by atoms with Gasteiger partial charge in [-0.05, 0) is 30.2 Å². The van der Waals surface area contributed by atoms with Crippen LogP contribution in [0.15, 0.2) is 0 Å². The molecule has 1 saturated heterocycles. The van der Waals surface area contributed by atoms with Crippen molar-refractivity contribution >= 4 is 0 Å². The molecule has 0 amide bonds. The Hall–Kier alpha value is -0.0400. The van der Waals surface area contributed by atoms with E-state index in [0.717, 1.165) is 17.9 Å². The second-order valence-corrected chi connectivity index (χ2v) is 6.44.